The number of aryl methyl sites for hydroxylation is 1. The van der Waals surface area contributed by atoms with E-state index in [1.165, 1.54) is 17.5 Å². The summed E-state index contributed by atoms with van der Waals surface area (Å²) in [4.78, 5) is 6.54. The number of likely N-dealkylation sites (tertiary alicyclic amines) is 1. The smallest absolute Gasteiger partial charge is 0.138 e. The van der Waals surface area contributed by atoms with Crippen molar-refractivity contribution in [3.63, 3.8) is 0 Å². The zero-order valence-corrected chi connectivity index (χ0v) is 14.7. The van der Waals surface area contributed by atoms with Crippen molar-refractivity contribution in [2.45, 2.75) is 44.9 Å². The Morgan fingerprint density at radius 2 is 2.24 bits per heavy atom. The van der Waals surface area contributed by atoms with Crippen LogP contribution in [0.5, 0.6) is 0 Å². The van der Waals surface area contributed by atoms with Gasteiger partial charge in [-0.1, -0.05) is 12.1 Å². The molecule has 1 N–H and O–H groups in total. The zero-order chi connectivity index (χ0) is 17.2. The van der Waals surface area contributed by atoms with Gasteiger partial charge in [0.05, 0.1) is 18.4 Å². The van der Waals surface area contributed by atoms with Gasteiger partial charge < -0.3 is 9.84 Å². The molecule has 4 rings (SSSR count). The summed E-state index contributed by atoms with van der Waals surface area (Å²) in [7, 11) is 0. The third-order valence-electron chi connectivity index (χ3n) is 5.58. The molecule has 0 saturated carbocycles. The highest BCUT2D eigenvalue weighted by molar-refractivity contribution is 5.41. The number of benzene rings is 1. The number of aliphatic hydroxyl groups is 1. The molecule has 0 radical (unpaired) electrons. The van der Waals surface area contributed by atoms with Crippen molar-refractivity contribution in [1.29, 1.82) is 0 Å². The van der Waals surface area contributed by atoms with Gasteiger partial charge in [0.15, 0.2) is 0 Å². The minimum absolute atomic E-state index is 0.226. The zero-order valence-electron chi connectivity index (χ0n) is 14.7. The van der Waals surface area contributed by atoms with Gasteiger partial charge in [-0.15, -0.1) is 0 Å². The molecule has 1 aromatic carbocycles. The Hall–Kier alpha value is -1.76. The fourth-order valence-corrected chi connectivity index (χ4v) is 4.29. The van der Waals surface area contributed by atoms with Crippen molar-refractivity contribution in [2.24, 2.45) is 5.92 Å². The van der Waals surface area contributed by atoms with Crippen LogP contribution in [0, 0.1) is 12.8 Å². The lowest BCUT2D eigenvalue weighted by atomic mass is 9.89. The van der Waals surface area contributed by atoms with Crippen molar-refractivity contribution in [3.8, 4) is 5.69 Å². The van der Waals surface area contributed by atoms with Crippen molar-refractivity contribution >= 4 is 0 Å². The second kappa shape index (κ2) is 7.23. The minimum Gasteiger partial charge on any atom is -0.393 e. The van der Waals surface area contributed by atoms with Gasteiger partial charge in [0.25, 0.3) is 0 Å². The van der Waals surface area contributed by atoms with Gasteiger partial charge >= 0.3 is 0 Å². The molecule has 3 unspecified atom stereocenters. The first-order chi connectivity index (χ1) is 12.2. The lowest BCUT2D eigenvalue weighted by Gasteiger charge is -2.37. The van der Waals surface area contributed by atoms with Crippen LogP contribution in [-0.4, -0.2) is 56.7 Å². The molecule has 2 aromatic rings. The van der Waals surface area contributed by atoms with Crippen LogP contribution >= 0.6 is 0 Å². The number of aromatic nitrogens is 3. The molecule has 3 heterocycles. The van der Waals surface area contributed by atoms with E-state index in [0.717, 1.165) is 31.6 Å². The molecule has 2 aliphatic heterocycles. The Morgan fingerprint density at radius 1 is 1.32 bits per heavy atom. The topological polar surface area (TPSA) is 63.4 Å². The third kappa shape index (κ3) is 3.47. The molecule has 3 atom stereocenters. The number of nitrogens with zero attached hydrogens (tertiary/aromatic N) is 4. The van der Waals surface area contributed by atoms with Gasteiger partial charge in [-0.25, -0.2) is 9.67 Å². The molecule has 134 valence electrons. The molecule has 25 heavy (non-hydrogen) atoms. The maximum Gasteiger partial charge on any atom is 0.138 e. The predicted octanol–water partition coefficient (Wildman–Crippen LogP) is 1.94. The summed E-state index contributed by atoms with van der Waals surface area (Å²) in [6.45, 7) is 5.50. The van der Waals surface area contributed by atoms with Gasteiger partial charge in [-0.2, -0.15) is 5.10 Å². The normalized spacial score (nSPS) is 27.7. The monoisotopic (exact) mass is 342 g/mol. The molecule has 2 saturated heterocycles. The Kier molecular flexibility index (Phi) is 4.83. The summed E-state index contributed by atoms with van der Waals surface area (Å²) < 4.78 is 7.44. The Morgan fingerprint density at radius 3 is 3.00 bits per heavy atom. The molecule has 2 fully saturated rings. The maximum absolute atomic E-state index is 10.4. The van der Waals surface area contributed by atoms with Gasteiger partial charge in [-0.05, 0) is 49.9 Å². The number of hydrogen-bond acceptors (Lipinski definition) is 5. The molecule has 6 heteroatoms. The summed E-state index contributed by atoms with van der Waals surface area (Å²) in [5.41, 5.74) is 3.56. The number of ether oxygens (including phenoxy) is 1. The number of aliphatic hydroxyl groups excluding tert-OH is 1. The fraction of sp³-hybridized carbons (Fsp3) is 0.579. The largest absolute Gasteiger partial charge is 0.393 e. The lowest BCUT2D eigenvalue weighted by molar-refractivity contribution is -0.0636. The Bertz CT molecular complexity index is 703. The highest BCUT2D eigenvalue weighted by Crippen LogP contribution is 2.31. The lowest BCUT2D eigenvalue weighted by Crippen LogP contribution is -2.45. The maximum atomic E-state index is 10.4. The summed E-state index contributed by atoms with van der Waals surface area (Å²) in [5, 5.41) is 14.6. The molecule has 0 amide bonds. The molecule has 2 aliphatic rings. The van der Waals surface area contributed by atoms with Crippen molar-refractivity contribution < 1.29 is 9.84 Å². The summed E-state index contributed by atoms with van der Waals surface area (Å²) in [5.74, 6) is 0.242. The number of hydrogen-bond donors (Lipinski definition) is 1. The van der Waals surface area contributed by atoms with Crippen molar-refractivity contribution in [3.05, 3.63) is 42.0 Å². The van der Waals surface area contributed by atoms with E-state index in [1.54, 1.807) is 17.3 Å². The van der Waals surface area contributed by atoms with E-state index in [2.05, 4.69) is 40.1 Å². The first kappa shape index (κ1) is 16.7. The van der Waals surface area contributed by atoms with Crippen LogP contribution in [0.15, 0.2) is 30.9 Å². The van der Waals surface area contributed by atoms with Crippen LogP contribution in [0.25, 0.3) is 5.69 Å². The Balaban J connectivity index is 1.48. The highest BCUT2D eigenvalue weighted by atomic mass is 16.5. The second-order valence-corrected chi connectivity index (χ2v) is 7.24. The number of rotatable bonds is 4. The van der Waals surface area contributed by atoms with Crippen LogP contribution in [0.2, 0.25) is 0 Å². The van der Waals surface area contributed by atoms with Gasteiger partial charge in [0.2, 0.25) is 0 Å². The van der Waals surface area contributed by atoms with E-state index in [-0.39, 0.29) is 12.0 Å². The Labute approximate surface area is 148 Å². The van der Waals surface area contributed by atoms with Gasteiger partial charge in [0.1, 0.15) is 12.7 Å². The average Bonchev–Trinajstić information content (AvgIpc) is 3.27. The highest BCUT2D eigenvalue weighted by Gasteiger charge is 2.37. The van der Waals surface area contributed by atoms with E-state index >= 15 is 0 Å². The van der Waals surface area contributed by atoms with E-state index < -0.39 is 0 Å². The van der Waals surface area contributed by atoms with Crippen LogP contribution in [0.4, 0.5) is 0 Å². The van der Waals surface area contributed by atoms with E-state index in [1.807, 2.05) is 0 Å². The molecule has 6 nitrogen and oxygen atoms in total. The SMILES string of the molecule is Cc1cc(CN2CCCC2C2COCCC2O)ccc1-n1cncn1. The van der Waals surface area contributed by atoms with E-state index in [4.69, 9.17) is 4.74 Å². The summed E-state index contributed by atoms with van der Waals surface area (Å²) in [6, 6.07) is 6.95. The molecule has 0 spiro atoms. The second-order valence-electron chi connectivity index (χ2n) is 7.24. The van der Waals surface area contributed by atoms with Crippen LogP contribution in [0.3, 0.4) is 0 Å². The quantitative estimate of drug-likeness (QED) is 0.920. The third-order valence-corrected chi connectivity index (χ3v) is 5.58. The first-order valence-corrected chi connectivity index (χ1v) is 9.17. The molecule has 0 aliphatic carbocycles. The predicted molar refractivity (Wildman–Crippen MR) is 94.5 cm³/mol. The van der Waals surface area contributed by atoms with Crippen molar-refractivity contribution in [1.82, 2.24) is 19.7 Å². The summed E-state index contributed by atoms with van der Waals surface area (Å²) >= 11 is 0. The van der Waals surface area contributed by atoms with Crippen LogP contribution in [0.1, 0.15) is 30.4 Å². The standard InChI is InChI=1S/C19H26N4O2/c1-14-9-15(4-5-17(14)23-13-20-12-21-23)10-22-7-2-3-18(22)16-11-25-8-6-19(16)24/h4-5,9,12-13,16,18-19,24H,2-3,6-8,10-11H2,1H3. The average molecular weight is 342 g/mol. The van der Waals surface area contributed by atoms with Gasteiger partial charge in [0, 0.05) is 25.1 Å². The first-order valence-electron chi connectivity index (χ1n) is 9.17. The van der Waals surface area contributed by atoms with Crippen molar-refractivity contribution in [2.75, 3.05) is 19.8 Å². The molecular weight excluding hydrogens is 316 g/mol. The molecule has 1 aromatic heterocycles. The van der Waals surface area contributed by atoms with E-state index in [9.17, 15) is 5.11 Å². The van der Waals surface area contributed by atoms with E-state index in [0.29, 0.717) is 19.3 Å². The van der Waals surface area contributed by atoms with Crippen LogP contribution in [-0.2, 0) is 11.3 Å². The minimum atomic E-state index is -0.226. The van der Waals surface area contributed by atoms with Crippen LogP contribution < -0.4 is 0 Å². The molecule has 0 bridgehead atoms. The fourth-order valence-electron chi connectivity index (χ4n) is 4.29. The van der Waals surface area contributed by atoms with Gasteiger partial charge in [-0.3, -0.25) is 4.90 Å². The molecular formula is C19H26N4O2. The summed E-state index contributed by atoms with van der Waals surface area (Å²) in [6.07, 6.45) is 6.17.